The fourth-order valence-electron chi connectivity index (χ4n) is 2.97. The third kappa shape index (κ3) is 6.13. The third-order valence-electron chi connectivity index (χ3n) is 4.34. The smallest absolute Gasteiger partial charge is 0.242 e. The molecule has 150 valence electrons. The molecule has 0 aliphatic carbocycles. The Morgan fingerprint density at radius 2 is 1.75 bits per heavy atom. The molecular weight excluding hydrogens is 419 g/mol. The lowest BCUT2D eigenvalue weighted by Crippen LogP contribution is -2.49. The number of halogens is 3. The zero-order valence-electron chi connectivity index (χ0n) is 15.8. The van der Waals surface area contributed by atoms with Gasteiger partial charge in [0.1, 0.15) is 6.04 Å². The van der Waals surface area contributed by atoms with E-state index >= 15 is 0 Å². The summed E-state index contributed by atoms with van der Waals surface area (Å²) in [6, 6.07) is 11.7. The number of rotatable bonds is 8. The highest BCUT2D eigenvalue weighted by molar-refractivity contribution is 6.35. The Hall–Kier alpha value is -1.75. The molecule has 0 bridgehead atoms. The quantitative estimate of drug-likeness (QED) is 0.617. The average Bonchev–Trinajstić information content (AvgIpc) is 2.63. The van der Waals surface area contributed by atoms with Crippen LogP contribution in [0.3, 0.4) is 0 Å². The standard InChI is InChI=1S/C21H23Cl3N2O2/c1-3-19(21(28)25-4-2)26(13-15-8-9-17(23)12-18(15)24)20(27)11-14-6-5-7-16(22)10-14/h5-10,12,19H,3-4,11,13H2,1-2H3,(H,25,28)/t19-/m0/s1. The minimum atomic E-state index is -0.599. The second-order valence-corrected chi connectivity index (χ2v) is 7.66. The van der Waals surface area contributed by atoms with Crippen molar-refractivity contribution in [2.75, 3.05) is 6.54 Å². The lowest BCUT2D eigenvalue weighted by molar-refractivity contribution is -0.140. The molecule has 0 heterocycles. The zero-order chi connectivity index (χ0) is 20.7. The van der Waals surface area contributed by atoms with Gasteiger partial charge in [-0.1, -0.05) is 59.9 Å². The largest absolute Gasteiger partial charge is 0.355 e. The fourth-order valence-corrected chi connectivity index (χ4v) is 3.65. The number of likely N-dealkylation sites (N-methyl/N-ethyl adjacent to an activating group) is 1. The Balaban J connectivity index is 2.33. The molecule has 0 spiro atoms. The number of carbonyl (C=O) groups is 2. The van der Waals surface area contributed by atoms with Crippen LogP contribution in [0, 0.1) is 0 Å². The van der Waals surface area contributed by atoms with Crippen molar-refractivity contribution in [3.8, 4) is 0 Å². The van der Waals surface area contributed by atoms with Gasteiger partial charge in [0.2, 0.25) is 11.8 Å². The van der Waals surface area contributed by atoms with E-state index < -0.39 is 6.04 Å². The van der Waals surface area contributed by atoms with Gasteiger partial charge in [-0.2, -0.15) is 0 Å². The number of benzene rings is 2. The summed E-state index contributed by atoms with van der Waals surface area (Å²) in [4.78, 5) is 27.3. The van der Waals surface area contributed by atoms with Gasteiger partial charge in [0.25, 0.3) is 0 Å². The second kappa shape index (κ2) is 10.7. The van der Waals surface area contributed by atoms with Gasteiger partial charge in [-0.05, 0) is 48.7 Å². The van der Waals surface area contributed by atoms with Crippen molar-refractivity contribution in [3.63, 3.8) is 0 Å². The van der Waals surface area contributed by atoms with Crippen molar-refractivity contribution in [2.24, 2.45) is 0 Å². The van der Waals surface area contributed by atoms with E-state index in [2.05, 4.69) is 5.32 Å². The van der Waals surface area contributed by atoms with E-state index in [1.807, 2.05) is 19.9 Å². The first-order valence-electron chi connectivity index (χ1n) is 9.11. The van der Waals surface area contributed by atoms with E-state index in [4.69, 9.17) is 34.8 Å². The maximum atomic E-state index is 13.1. The highest BCUT2D eigenvalue weighted by Crippen LogP contribution is 2.24. The van der Waals surface area contributed by atoms with Crippen LogP contribution in [-0.2, 0) is 22.6 Å². The highest BCUT2D eigenvalue weighted by atomic mass is 35.5. The van der Waals surface area contributed by atoms with Crippen LogP contribution in [0.4, 0.5) is 0 Å². The summed E-state index contributed by atoms with van der Waals surface area (Å²) >= 11 is 18.3. The molecule has 28 heavy (non-hydrogen) atoms. The topological polar surface area (TPSA) is 49.4 Å². The number of amides is 2. The molecule has 0 aliphatic rings. The van der Waals surface area contributed by atoms with Crippen molar-refractivity contribution < 1.29 is 9.59 Å². The van der Waals surface area contributed by atoms with E-state index in [9.17, 15) is 9.59 Å². The van der Waals surface area contributed by atoms with Crippen LogP contribution in [0.5, 0.6) is 0 Å². The van der Waals surface area contributed by atoms with Crippen molar-refractivity contribution in [1.29, 1.82) is 0 Å². The Labute approximate surface area is 180 Å². The van der Waals surface area contributed by atoms with Gasteiger partial charge in [-0.3, -0.25) is 9.59 Å². The molecule has 7 heteroatoms. The Kier molecular flexibility index (Phi) is 8.61. The first-order valence-corrected chi connectivity index (χ1v) is 10.2. The number of nitrogens with zero attached hydrogens (tertiary/aromatic N) is 1. The van der Waals surface area contributed by atoms with Crippen molar-refractivity contribution in [3.05, 3.63) is 68.7 Å². The van der Waals surface area contributed by atoms with E-state index in [0.29, 0.717) is 28.0 Å². The molecule has 4 nitrogen and oxygen atoms in total. The van der Waals surface area contributed by atoms with Gasteiger partial charge in [-0.15, -0.1) is 0 Å². The molecule has 0 fully saturated rings. The Morgan fingerprint density at radius 1 is 1.04 bits per heavy atom. The fraction of sp³-hybridized carbons (Fsp3) is 0.333. The Morgan fingerprint density at radius 3 is 2.36 bits per heavy atom. The summed E-state index contributed by atoms with van der Waals surface area (Å²) in [6.07, 6.45) is 0.625. The van der Waals surface area contributed by atoms with Crippen LogP contribution < -0.4 is 5.32 Å². The van der Waals surface area contributed by atoms with E-state index in [1.54, 1.807) is 41.3 Å². The normalized spacial score (nSPS) is 11.8. The SMILES string of the molecule is CCNC(=O)[C@H](CC)N(Cc1ccc(Cl)cc1Cl)C(=O)Cc1cccc(Cl)c1. The van der Waals surface area contributed by atoms with Gasteiger partial charge < -0.3 is 10.2 Å². The van der Waals surface area contributed by atoms with Gasteiger partial charge in [0.15, 0.2) is 0 Å². The van der Waals surface area contributed by atoms with Crippen LogP contribution in [0.15, 0.2) is 42.5 Å². The van der Waals surface area contributed by atoms with Gasteiger partial charge >= 0.3 is 0 Å². The average molecular weight is 442 g/mol. The van der Waals surface area contributed by atoms with Crippen LogP contribution in [0.1, 0.15) is 31.4 Å². The molecule has 0 aliphatic heterocycles. The third-order valence-corrected chi connectivity index (χ3v) is 5.16. The summed E-state index contributed by atoms with van der Waals surface area (Å²) in [5, 5.41) is 4.34. The predicted octanol–water partition coefficient (Wildman–Crippen LogP) is 5.13. The molecule has 2 rings (SSSR count). The van der Waals surface area contributed by atoms with Crippen molar-refractivity contribution in [1.82, 2.24) is 10.2 Å². The summed E-state index contributed by atoms with van der Waals surface area (Å²) in [5.41, 5.74) is 1.52. The minimum absolute atomic E-state index is 0.141. The van der Waals surface area contributed by atoms with Gasteiger partial charge in [-0.25, -0.2) is 0 Å². The maximum absolute atomic E-state index is 13.1. The molecule has 0 aromatic heterocycles. The minimum Gasteiger partial charge on any atom is -0.355 e. The lowest BCUT2D eigenvalue weighted by atomic mass is 10.1. The van der Waals surface area contributed by atoms with Crippen LogP contribution in [-0.4, -0.2) is 29.3 Å². The van der Waals surface area contributed by atoms with Gasteiger partial charge in [0.05, 0.1) is 6.42 Å². The Bertz CT molecular complexity index is 842. The first-order chi connectivity index (χ1) is 13.3. The molecule has 0 unspecified atom stereocenters. The predicted molar refractivity (Wildman–Crippen MR) is 115 cm³/mol. The van der Waals surface area contributed by atoms with Crippen LogP contribution >= 0.6 is 34.8 Å². The van der Waals surface area contributed by atoms with Crippen molar-refractivity contribution >= 4 is 46.6 Å². The first kappa shape index (κ1) is 22.5. The van der Waals surface area contributed by atoms with E-state index in [0.717, 1.165) is 11.1 Å². The summed E-state index contributed by atoms with van der Waals surface area (Å²) in [7, 11) is 0. The maximum Gasteiger partial charge on any atom is 0.242 e. The molecular formula is C21H23Cl3N2O2. The molecule has 0 radical (unpaired) electrons. The number of nitrogens with one attached hydrogen (secondary N) is 1. The molecule has 0 saturated heterocycles. The number of hydrogen-bond acceptors (Lipinski definition) is 2. The van der Waals surface area contributed by atoms with Crippen LogP contribution in [0.2, 0.25) is 15.1 Å². The molecule has 2 aromatic rings. The summed E-state index contributed by atoms with van der Waals surface area (Å²) in [6.45, 7) is 4.43. The van der Waals surface area contributed by atoms with E-state index in [1.165, 1.54) is 0 Å². The summed E-state index contributed by atoms with van der Waals surface area (Å²) < 4.78 is 0. The molecule has 2 amide bonds. The molecule has 0 saturated carbocycles. The molecule has 1 N–H and O–H groups in total. The van der Waals surface area contributed by atoms with E-state index in [-0.39, 0.29) is 24.8 Å². The van der Waals surface area contributed by atoms with Crippen LogP contribution in [0.25, 0.3) is 0 Å². The van der Waals surface area contributed by atoms with Crippen molar-refractivity contribution in [2.45, 2.75) is 39.3 Å². The summed E-state index contributed by atoms with van der Waals surface area (Å²) in [5.74, 6) is -0.360. The highest BCUT2D eigenvalue weighted by Gasteiger charge is 2.28. The number of carbonyl (C=O) groups excluding carboxylic acids is 2. The molecule has 2 aromatic carbocycles. The number of hydrogen-bond donors (Lipinski definition) is 1. The monoisotopic (exact) mass is 440 g/mol. The van der Waals surface area contributed by atoms with Gasteiger partial charge in [0, 0.05) is 28.2 Å². The molecule has 1 atom stereocenters. The lowest BCUT2D eigenvalue weighted by Gasteiger charge is -2.31. The zero-order valence-corrected chi connectivity index (χ0v) is 18.1. The second-order valence-electron chi connectivity index (χ2n) is 6.38.